The van der Waals surface area contributed by atoms with E-state index in [1.807, 2.05) is 48.5 Å². The topological polar surface area (TPSA) is 52.2 Å². The van der Waals surface area contributed by atoms with Gasteiger partial charge in [-0.2, -0.15) is 9.78 Å². The van der Waals surface area contributed by atoms with Crippen LogP contribution in [0.3, 0.4) is 0 Å². The van der Waals surface area contributed by atoms with Crippen molar-refractivity contribution < 1.29 is 0 Å². The number of hydrogen-bond acceptors (Lipinski definition) is 3. The molecule has 0 fully saturated rings. The Kier molecular flexibility index (Phi) is 5.46. The van der Waals surface area contributed by atoms with Crippen LogP contribution >= 0.6 is 0 Å². The van der Waals surface area contributed by atoms with E-state index < -0.39 is 0 Å². The summed E-state index contributed by atoms with van der Waals surface area (Å²) in [6.45, 7) is 8.43. The Labute approximate surface area is 198 Å². The van der Waals surface area contributed by atoms with Crippen molar-refractivity contribution in [2.24, 2.45) is 5.10 Å². The number of para-hydroxylation sites is 2. The van der Waals surface area contributed by atoms with Crippen LogP contribution in [0.15, 0.2) is 88.8 Å². The van der Waals surface area contributed by atoms with E-state index in [-0.39, 0.29) is 5.56 Å². The Morgan fingerprint density at radius 1 is 0.824 bits per heavy atom. The minimum Gasteiger partial charge on any atom is -0.317 e. The summed E-state index contributed by atoms with van der Waals surface area (Å²) in [6, 6.07) is 25.5. The van der Waals surface area contributed by atoms with Gasteiger partial charge in [-0.15, -0.1) is 0 Å². The van der Waals surface area contributed by atoms with Crippen LogP contribution < -0.4 is 5.56 Å². The Hall–Kier alpha value is -4.25. The van der Waals surface area contributed by atoms with E-state index in [1.54, 1.807) is 12.3 Å². The number of hydrogen-bond donors (Lipinski definition) is 0. The SMILES string of the molecule is Cc1cccc(C)c1-n1c(C)cc(C=Nn2c(-c3ccccc3)nc3ccccc3c2=O)c1C. The van der Waals surface area contributed by atoms with E-state index >= 15 is 0 Å². The van der Waals surface area contributed by atoms with Crippen LogP contribution in [0.4, 0.5) is 0 Å². The van der Waals surface area contributed by atoms with Crippen molar-refractivity contribution in [2.45, 2.75) is 27.7 Å². The zero-order valence-electron chi connectivity index (χ0n) is 19.8. The smallest absolute Gasteiger partial charge is 0.282 e. The molecule has 0 saturated carbocycles. The lowest BCUT2D eigenvalue weighted by Gasteiger charge is -2.15. The van der Waals surface area contributed by atoms with Gasteiger partial charge in [0.2, 0.25) is 0 Å². The van der Waals surface area contributed by atoms with Gasteiger partial charge < -0.3 is 4.57 Å². The summed E-state index contributed by atoms with van der Waals surface area (Å²) >= 11 is 0. The van der Waals surface area contributed by atoms with E-state index in [1.165, 1.54) is 21.5 Å². The summed E-state index contributed by atoms with van der Waals surface area (Å²) in [6.07, 6.45) is 1.76. The summed E-state index contributed by atoms with van der Waals surface area (Å²) < 4.78 is 3.66. The van der Waals surface area contributed by atoms with Crippen molar-refractivity contribution in [1.82, 2.24) is 14.2 Å². The van der Waals surface area contributed by atoms with Crippen molar-refractivity contribution in [3.05, 3.63) is 117 Å². The molecule has 2 aromatic heterocycles. The van der Waals surface area contributed by atoms with Crippen molar-refractivity contribution in [2.75, 3.05) is 0 Å². The highest BCUT2D eigenvalue weighted by molar-refractivity contribution is 5.83. The van der Waals surface area contributed by atoms with Crippen LogP contribution in [0.1, 0.15) is 28.1 Å². The van der Waals surface area contributed by atoms with E-state index in [0.717, 1.165) is 22.5 Å². The van der Waals surface area contributed by atoms with Gasteiger partial charge in [-0.3, -0.25) is 4.79 Å². The molecule has 0 amide bonds. The highest BCUT2D eigenvalue weighted by atomic mass is 16.1. The maximum absolute atomic E-state index is 13.4. The van der Waals surface area contributed by atoms with E-state index in [4.69, 9.17) is 4.98 Å². The molecule has 5 heteroatoms. The summed E-state index contributed by atoms with van der Waals surface area (Å²) in [7, 11) is 0. The average molecular weight is 447 g/mol. The predicted octanol–water partition coefficient (Wildman–Crippen LogP) is 5.97. The van der Waals surface area contributed by atoms with E-state index in [2.05, 4.69) is 61.6 Å². The predicted molar refractivity (Wildman–Crippen MR) is 139 cm³/mol. The fourth-order valence-corrected chi connectivity index (χ4v) is 4.55. The first-order valence-electron chi connectivity index (χ1n) is 11.3. The second-order valence-electron chi connectivity index (χ2n) is 8.58. The average Bonchev–Trinajstić information content (AvgIpc) is 3.12. The number of aryl methyl sites for hydroxylation is 3. The first kappa shape index (κ1) is 21.6. The first-order chi connectivity index (χ1) is 16.5. The second kappa shape index (κ2) is 8.60. The van der Waals surface area contributed by atoms with Crippen LogP contribution in [0.5, 0.6) is 0 Å². The Morgan fingerprint density at radius 3 is 2.24 bits per heavy atom. The van der Waals surface area contributed by atoms with Crippen molar-refractivity contribution >= 4 is 17.1 Å². The van der Waals surface area contributed by atoms with Crippen LogP contribution in [0.25, 0.3) is 28.0 Å². The zero-order chi connectivity index (χ0) is 23.8. The van der Waals surface area contributed by atoms with Gasteiger partial charge in [0, 0.05) is 22.5 Å². The van der Waals surface area contributed by atoms with Gasteiger partial charge in [-0.1, -0.05) is 60.7 Å². The fourth-order valence-electron chi connectivity index (χ4n) is 4.55. The molecule has 0 spiro atoms. The standard InChI is InChI=1S/C29H26N4O/c1-19-11-10-12-20(2)27(19)32-21(3)17-24(22(32)4)18-30-33-28(23-13-6-5-7-14-23)31-26-16-9-8-15-25(26)29(33)34/h5-18H,1-4H3. The molecule has 0 aliphatic carbocycles. The van der Waals surface area contributed by atoms with Crippen LogP contribution in [-0.2, 0) is 0 Å². The Bertz CT molecular complexity index is 1590. The Balaban J connectivity index is 1.68. The number of fused-ring (bicyclic) bond motifs is 1. The second-order valence-corrected chi connectivity index (χ2v) is 8.58. The van der Waals surface area contributed by atoms with Gasteiger partial charge in [0.25, 0.3) is 5.56 Å². The summed E-state index contributed by atoms with van der Waals surface area (Å²) in [4.78, 5) is 18.2. The summed E-state index contributed by atoms with van der Waals surface area (Å²) in [5.74, 6) is 0.518. The molecule has 2 heterocycles. The molecule has 168 valence electrons. The fraction of sp³-hybridized carbons (Fsp3) is 0.138. The third-order valence-electron chi connectivity index (χ3n) is 6.23. The lowest BCUT2D eigenvalue weighted by atomic mass is 10.1. The summed E-state index contributed by atoms with van der Waals surface area (Å²) in [5.41, 5.74) is 8.06. The molecule has 0 atom stereocenters. The van der Waals surface area contributed by atoms with Gasteiger partial charge >= 0.3 is 0 Å². The number of aromatic nitrogens is 3. The summed E-state index contributed by atoms with van der Waals surface area (Å²) in [5, 5.41) is 5.20. The quantitative estimate of drug-likeness (QED) is 0.319. The van der Waals surface area contributed by atoms with Crippen LogP contribution in [-0.4, -0.2) is 20.4 Å². The molecule has 0 unspecified atom stereocenters. The molecule has 0 bridgehead atoms. The molecular weight excluding hydrogens is 420 g/mol. The first-order valence-corrected chi connectivity index (χ1v) is 11.3. The van der Waals surface area contributed by atoms with Crippen molar-refractivity contribution in [3.63, 3.8) is 0 Å². The molecule has 0 aliphatic heterocycles. The lowest BCUT2D eigenvalue weighted by Crippen LogP contribution is -2.20. The molecular formula is C29H26N4O. The van der Waals surface area contributed by atoms with Crippen molar-refractivity contribution in [1.29, 1.82) is 0 Å². The number of nitrogens with zero attached hydrogens (tertiary/aromatic N) is 4. The molecule has 3 aromatic carbocycles. The highest BCUT2D eigenvalue weighted by Crippen LogP contribution is 2.25. The van der Waals surface area contributed by atoms with Crippen molar-refractivity contribution in [3.8, 4) is 17.1 Å². The minimum absolute atomic E-state index is 0.191. The van der Waals surface area contributed by atoms with Crippen LogP contribution in [0, 0.1) is 27.7 Å². The van der Waals surface area contributed by atoms with E-state index in [9.17, 15) is 4.79 Å². The lowest BCUT2D eigenvalue weighted by molar-refractivity contribution is 0.829. The van der Waals surface area contributed by atoms with Gasteiger partial charge in [-0.25, -0.2) is 4.98 Å². The third-order valence-corrected chi connectivity index (χ3v) is 6.23. The molecule has 5 aromatic rings. The molecule has 0 saturated heterocycles. The largest absolute Gasteiger partial charge is 0.317 e. The monoisotopic (exact) mass is 446 g/mol. The zero-order valence-corrected chi connectivity index (χ0v) is 19.8. The Morgan fingerprint density at radius 2 is 1.50 bits per heavy atom. The van der Waals surface area contributed by atoms with Gasteiger partial charge in [0.15, 0.2) is 5.82 Å². The molecule has 5 nitrogen and oxygen atoms in total. The molecule has 0 N–H and O–H groups in total. The normalized spacial score (nSPS) is 11.5. The molecule has 5 rings (SSSR count). The van der Waals surface area contributed by atoms with Crippen LogP contribution in [0.2, 0.25) is 0 Å². The maximum Gasteiger partial charge on any atom is 0.282 e. The van der Waals surface area contributed by atoms with Gasteiger partial charge in [0.1, 0.15) is 0 Å². The van der Waals surface area contributed by atoms with Gasteiger partial charge in [0.05, 0.1) is 22.8 Å². The van der Waals surface area contributed by atoms with E-state index in [0.29, 0.717) is 16.7 Å². The number of benzene rings is 3. The highest BCUT2D eigenvalue weighted by Gasteiger charge is 2.15. The molecule has 34 heavy (non-hydrogen) atoms. The number of rotatable bonds is 4. The van der Waals surface area contributed by atoms with Gasteiger partial charge in [-0.05, 0) is 57.0 Å². The maximum atomic E-state index is 13.4. The third kappa shape index (κ3) is 3.65. The minimum atomic E-state index is -0.191. The molecule has 0 radical (unpaired) electrons. The molecule has 0 aliphatic rings.